The third kappa shape index (κ3) is 5.11. The number of anilines is 2. The van der Waals surface area contributed by atoms with E-state index in [4.69, 9.17) is 9.47 Å². The van der Waals surface area contributed by atoms with Crippen LogP contribution in [0.15, 0.2) is 84.3 Å². The van der Waals surface area contributed by atoms with E-state index in [0.717, 1.165) is 27.9 Å². The lowest BCUT2D eigenvalue weighted by atomic mass is 9.94. The second-order valence-electron chi connectivity index (χ2n) is 9.28. The molecular formula is C30H31N5O3. The summed E-state index contributed by atoms with van der Waals surface area (Å²) in [6.07, 6.45) is 1.48. The van der Waals surface area contributed by atoms with Crippen LogP contribution < -0.4 is 20.1 Å². The second kappa shape index (κ2) is 10.8. The first-order valence-corrected chi connectivity index (χ1v) is 12.6. The van der Waals surface area contributed by atoms with Crippen molar-refractivity contribution in [3.05, 3.63) is 107 Å². The third-order valence-electron chi connectivity index (χ3n) is 6.49. The number of rotatable bonds is 8. The van der Waals surface area contributed by atoms with Gasteiger partial charge >= 0.3 is 0 Å². The normalized spacial score (nSPS) is 14.5. The Balaban J connectivity index is 1.50. The SMILES string of the molecule is CCOc1cc([C@H]2C(C(=O)Nc3ccc(C)cc3C)=C(C)Nc3ncnn32)ccc1OCc1ccccc1. The van der Waals surface area contributed by atoms with Crippen LogP contribution in [0.3, 0.4) is 0 Å². The standard InChI is InChI=1S/C30H31N5O3/c1-5-37-26-16-23(12-14-25(26)38-17-22-9-7-6-8-10-22)28-27(21(4)33-30-31-18-32-35(28)30)29(36)34-24-13-11-19(2)15-20(24)3/h6-16,18,28H,5,17H2,1-4H3,(H,34,36)(H,31,32,33)/t28-/m0/s1. The largest absolute Gasteiger partial charge is 0.490 e. The molecule has 1 atom stereocenters. The van der Waals surface area contributed by atoms with Crippen LogP contribution in [0.5, 0.6) is 11.5 Å². The first-order chi connectivity index (χ1) is 18.4. The molecule has 2 heterocycles. The van der Waals surface area contributed by atoms with Crippen molar-refractivity contribution in [1.82, 2.24) is 14.8 Å². The van der Waals surface area contributed by atoms with E-state index in [2.05, 4.69) is 20.7 Å². The maximum Gasteiger partial charge on any atom is 0.255 e. The Hall–Kier alpha value is -4.59. The highest BCUT2D eigenvalue weighted by Crippen LogP contribution is 2.39. The minimum absolute atomic E-state index is 0.213. The molecule has 0 fully saturated rings. The Morgan fingerprint density at radius 1 is 1.00 bits per heavy atom. The molecule has 8 nitrogen and oxygen atoms in total. The summed E-state index contributed by atoms with van der Waals surface area (Å²) in [6.45, 7) is 8.72. The molecule has 0 saturated heterocycles. The fourth-order valence-corrected chi connectivity index (χ4v) is 4.65. The van der Waals surface area contributed by atoms with E-state index in [1.807, 2.05) is 94.4 Å². The molecule has 0 bridgehead atoms. The van der Waals surface area contributed by atoms with Crippen LogP contribution in [0.4, 0.5) is 11.6 Å². The summed E-state index contributed by atoms with van der Waals surface area (Å²) in [5.74, 6) is 1.59. The van der Waals surface area contributed by atoms with Gasteiger partial charge in [0.15, 0.2) is 11.5 Å². The predicted octanol–water partition coefficient (Wildman–Crippen LogP) is 5.80. The average molecular weight is 510 g/mol. The third-order valence-corrected chi connectivity index (χ3v) is 6.49. The number of benzene rings is 3. The summed E-state index contributed by atoms with van der Waals surface area (Å²) in [7, 11) is 0. The fraction of sp³-hybridized carbons (Fsp3) is 0.233. The van der Waals surface area contributed by atoms with Gasteiger partial charge in [-0.1, -0.05) is 54.1 Å². The van der Waals surface area contributed by atoms with Gasteiger partial charge in [0, 0.05) is 11.4 Å². The fourth-order valence-electron chi connectivity index (χ4n) is 4.65. The second-order valence-corrected chi connectivity index (χ2v) is 9.28. The van der Waals surface area contributed by atoms with Crippen LogP contribution in [0.25, 0.3) is 0 Å². The van der Waals surface area contributed by atoms with Crippen LogP contribution in [0.1, 0.15) is 42.1 Å². The molecule has 38 heavy (non-hydrogen) atoms. The van der Waals surface area contributed by atoms with Crippen molar-refractivity contribution in [2.45, 2.75) is 40.3 Å². The minimum atomic E-state index is -0.512. The molecule has 194 valence electrons. The smallest absolute Gasteiger partial charge is 0.255 e. The summed E-state index contributed by atoms with van der Waals surface area (Å²) in [5.41, 5.74) is 6.05. The number of hydrogen-bond acceptors (Lipinski definition) is 6. The lowest BCUT2D eigenvalue weighted by molar-refractivity contribution is -0.113. The molecule has 8 heteroatoms. The number of carbonyl (C=O) groups is 1. The van der Waals surface area contributed by atoms with Crippen molar-refractivity contribution in [3.63, 3.8) is 0 Å². The Labute approximate surface area is 222 Å². The van der Waals surface area contributed by atoms with Crippen molar-refractivity contribution in [2.24, 2.45) is 0 Å². The topological polar surface area (TPSA) is 90.3 Å². The van der Waals surface area contributed by atoms with Gasteiger partial charge in [0.1, 0.15) is 19.0 Å². The van der Waals surface area contributed by atoms with E-state index >= 15 is 0 Å². The Morgan fingerprint density at radius 3 is 2.58 bits per heavy atom. The number of aryl methyl sites for hydroxylation is 2. The molecule has 1 aliphatic rings. The van der Waals surface area contributed by atoms with Gasteiger partial charge in [-0.05, 0) is 62.6 Å². The van der Waals surface area contributed by atoms with Gasteiger partial charge in [0.05, 0.1) is 12.2 Å². The van der Waals surface area contributed by atoms with Gasteiger partial charge in [-0.15, -0.1) is 0 Å². The zero-order valence-corrected chi connectivity index (χ0v) is 22.0. The van der Waals surface area contributed by atoms with Crippen molar-refractivity contribution < 1.29 is 14.3 Å². The highest BCUT2D eigenvalue weighted by Gasteiger charge is 2.34. The maximum atomic E-state index is 13.7. The van der Waals surface area contributed by atoms with Crippen LogP contribution in [-0.2, 0) is 11.4 Å². The molecule has 3 aromatic carbocycles. The first-order valence-electron chi connectivity index (χ1n) is 12.6. The molecule has 5 rings (SSSR count). The molecule has 4 aromatic rings. The molecule has 1 aromatic heterocycles. The maximum absolute atomic E-state index is 13.7. The first kappa shape index (κ1) is 25.1. The van der Waals surface area contributed by atoms with E-state index in [1.165, 1.54) is 6.33 Å². The van der Waals surface area contributed by atoms with Gasteiger partial charge in [0.2, 0.25) is 5.95 Å². The van der Waals surface area contributed by atoms with E-state index in [1.54, 1.807) is 4.68 Å². The average Bonchev–Trinajstić information content (AvgIpc) is 3.37. The van der Waals surface area contributed by atoms with Crippen LogP contribution in [-0.4, -0.2) is 27.3 Å². The van der Waals surface area contributed by atoms with Gasteiger partial charge in [-0.25, -0.2) is 4.68 Å². The van der Waals surface area contributed by atoms with Crippen LogP contribution in [0, 0.1) is 13.8 Å². The van der Waals surface area contributed by atoms with Gasteiger partial charge in [0.25, 0.3) is 5.91 Å². The Kier molecular flexibility index (Phi) is 7.13. The van der Waals surface area contributed by atoms with Gasteiger partial charge in [-0.2, -0.15) is 10.1 Å². The van der Waals surface area contributed by atoms with Crippen molar-refractivity contribution in [2.75, 3.05) is 17.2 Å². The summed E-state index contributed by atoms with van der Waals surface area (Å²) >= 11 is 0. The molecule has 0 saturated carbocycles. The molecule has 0 aliphatic carbocycles. The lowest BCUT2D eigenvalue weighted by Crippen LogP contribution is -2.31. The predicted molar refractivity (Wildman–Crippen MR) is 147 cm³/mol. The van der Waals surface area contributed by atoms with Crippen LogP contribution >= 0.6 is 0 Å². The number of ether oxygens (including phenoxy) is 2. The van der Waals surface area contributed by atoms with E-state index in [9.17, 15) is 4.79 Å². The van der Waals surface area contributed by atoms with Gasteiger partial charge in [-0.3, -0.25) is 4.79 Å². The van der Waals surface area contributed by atoms with E-state index in [0.29, 0.717) is 41.9 Å². The number of hydrogen-bond donors (Lipinski definition) is 2. The molecule has 0 spiro atoms. The number of allylic oxidation sites excluding steroid dienone is 1. The minimum Gasteiger partial charge on any atom is -0.490 e. The summed E-state index contributed by atoms with van der Waals surface area (Å²) in [6, 6.07) is 21.2. The summed E-state index contributed by atoms with van der Waals surface area (Å²) < 4.78 is 13.8. The number of nitrogens with one attached hydrogen (secondary N) is 2. The number of fused-ring (bicyclic) bond motifs is 1. The highest BCUT2D eigenvalue weighted by atomic mass is 16.5. The van der Waals surface area contributed by atoms with Crippen LogP contribution in [0.2, 0.25) is 0 Å². The molecule has 1 aliphatic heterocycles. The number of amides is 1. The molecular weight excluding hydrogens is 478 g/mol. The Bertz CT molecular complexity index is 1490. The number of aromatic nitrogens is 3. The molecule has 1 amide bonds. The van der Waals surface area contributed by atoms with Crippen molar-refractivity contribution >= 4 is 17.5 Å². The van der Waals surface area contributed by atoms with E-state index < -0.39 is 6.04 Å². The lowest BCUT2D eigenvalue weighted by Gasteiger charge is -2.29. The molecule has 0 radical (unpaired) electrons. The monoisotopic (exact) mass is 509 g/mol. The van der Waals surface area contributed by atoms with Crippen molar-refractivity contribution in [3.8, 4) is 11.5 Å². The summed E-state index contributed by atoms with van der Waals surface area (Å²) in [5, 5.41) is 10.8. The zero-order valence-electron chi connectivity index (χ0n) is 22.0. The quantitative estimate of drug-likeness (QED) is 0.312. The summed E-state index contributed by atoms with van der Waals surface area (Å²) in [4.78, 5) is 18.1. The van der Waals surface area contributed by atoms with Gasteiger partial charge < -0.3 is 20.1 Å². The molecule has 2 N–H and O–H groups in total. The highest BCUT2D eigenvalue weighted by molar-refractivity contribution is 6.06. The van der Waals surface area contributed by atoms with Crippen molar-refractivity contribution in [1.29, 1.82) is 0 Å². The zero-order chi connectivity index (χ0) is 26.6. The van der Waals surface area contributed by atoms with E-state index in [-0.39, 0.29) is 5.91 Å². The molecule has 0 unspecified atom stereocenters. The Morgan fingerprint density at radius 2 is 1.82 bits per heavy atom. The number of nitrogens with zero attached hydrogens (tertiary/aromatic N) is 3. The number of carbonyl (C=O) groups excluding carboxylic acids is 1.